The average molecular weight is 803 g/mol. The summed E-state index contributed by atoms with van der Waals surface area (Å²) in [7, 11) is 0. The number of aryl methyl sites for hydroxylation is 2. The van der Waals surface area contributed by atoms with E-state index < -0.39 is 0 Å². The van der Waals surface area contributed by atoms with E-state index in [2.05, 4.69) is 118 Å². The van der Waals surface area contributed by atoms with Crippen molar-refractivity contribution in [1.29, 1.82) is 0 Å². The standard InChI is InChI=1S/C50H58N8O2/c1-5-55(6-2)45(33-17-11-9-12-18-33)49(59)57-29-15-21-42(57)47-51-39-27-24-36(32-41(39)53-47)35-23-26-38-37(31-35)25-28-40-44(38)54-48(52-40)43-22-16-30-58(43)50(60)46(56(7-3)8-4)34-19-13-10-14-20-34/h9-14,17-20,23-24,26-27,31-32,42-43,45-46H,5-8,15-16,21-22,25,28-30H2,1-4H3,(H,51,53)(H,52,54)/t42-,43-,45+,46+/m0/s1. The highest BCUT2D eigenvalue weighted by Crippen LogP contribution is 2.41. The average Bonchev–Trinajstić information content (AvgIpc) is 4.13. The van der Waals surface area contributed by atoms with Crippen LogP contribution in [0.4, 0.5) is 0 Å². The maximum atomic E-state index is 14.4. The lowest BCUT2D eigenvalue weighted by Gasteiger charge is -2.34. The molecule has 6 aromatic rings. The van der Waals surface area contributed by atoms with Crippen LogP contribution in [-0.4, -0.2) is 90.6 Å². The van der Waals surface area contributed by atoms with Gasteiger partial charge < -0.3 is 19.8 Å². The molecule has 2 saturated heterocycles. The van der Waals surface area contributed by atoms with Crippen molar-refractivity contribution < 1.29 is 9.59 Å². The number of hydrogen-bond donors (Lipinski definition) is 2. The quantitative estimate of drug-likeness (QED) is 0.121. The Kier molecular flexibility index (Phi) is 11.4. The Hall–Kier alpha value is -5.58. The van der Waals surface area contributed by atoms with Gasteiger partial charge in [0.2, 0.25) is 11.8 Å². The summed E-state index contributed by atoms with van der Waals surface area (Å²) >= 11 is 0. The minimum atomic E-state index is -0.317. The zero-order valence-corrected chi connectivity index (χ0v) is 35.5. The predicted octanol–water partition coefficient (Wildman–Crippen LogP) is 9.21. The molecule has 0 saturated carbocycles. The van der Waals surface area contributed by atoms with E-state index in [9.17, 15) is 9.59 Å². The number of nitrogens with zero attached hydrogens (tertiary/aromatic N) is 6. The Morgan fingerprint density at radius 3 is 1.75 bits per heavy atom. The number of carbonyl (C=O) groups excluding carboxylic acids is 2. The number of likely N-dealkylation sites (N-methyl/N-ethyl adjacent to an activating group) is 2. The highest BCUT2D eigenvalue weighted by Gasteiger charge is 2.40. The van der Waals surface area contributed by atoms with E-state index in [-0.39, 0.29) is 36.0 Å². The van der Waals surface area contributed by atoms with Crippen LogP contribution in [0.5, 0.6) is 0 Å². The highest BCUT2D eigenvalue weighted by molar-refractivity contribution is 5.86. The van der Waals surface area contributed by atoms with Crippen LogP contribution in [-0.2, 0) is 22.4 Å². The fourth-order valence-corrected chi connectivity index (χ4v) is 10.2. The molecule has 0 bridgehead atoms. The van der Waals surface area contributed by atoms with Crippen LogP contribution in [0.3, 0.4) is 0 Å². The number of hydrogen-bond acceptors (Lipinski definition) is 6. The Morgan fingerprint density at radius 2 is 1.18 bits per heavy atom. The summed E-state index contributed by atoms with van der Waals surface area (Å²) in [4.78, 5) is 55.2. The summed E-state index contributed by atoms with van der Waals surface area (Å²) in [5, 5.41) is 0. The van der Waals surface area contributed by atoms with Crippen LogP contribution in [0.25, 0.3) is 33.4 Å². The number of aromatic amines is 2. The first kappa shape index (κ1) is 39.9. The molecule has 60 heavy (non-hydrogen) atoms. The van der Waals surface area contributed by atoms with Crippen molar-refractivity contribution >= 4 is 22.8 Å². The van der Waals surface area contributed by atoms with Gasteiger partial charge in [0.1, 0.15) is 23.7 Å². The smallest absolute Gasteiger partial charge is 0.245 e. The lowest BCUT2D eigenvalue weighted by molar-refractivity contribution is -0.139. The lowest BCUT2D eigenvalue weighted by atomic mass is 9.89. The maximum Gasteiger partial charge on any atom is 0.245 e. The summed E-state index contributed by atoms with van der Waals surface area (Å²) in [6.07, 6.45) is 5.51. The molecule has 2 amide bonds. The van der Waals surface area contributed by atoms with Crippen LogP contribution < -0.4 is 0 Å². The number of likely N-dealkylation sites (tertiary alicyclic amines) is 2. The summed E-state index contributed by atoms with van der Waals surface area (Å²) in [5.41, 5.74) is 10.9. The molecule has 310 valence electrons. The van der Waals surface area contributed by atoms with Gasteiger partial charge in [-0.3, -0.25) is 19.4 Å². The molecule has 4 heterocycles. The number of fused-ring (bicyclic) bond motifs is 4. The minimum Gasteiger partial charge on any atom is -0.344 e. The van der Waals surface area contributed by atoms with Crippen molar-refractivity contribution in [3.63, 3.8) is 0 Å². The van der Waals surface area contributed by atoms with Crippen molar-refractivity contribution in [3.8, 4) is 22.4 Å². The molecule has 2 fully saturated rings. The van der Waals surface area contributed by atoms with Gasteiger partial charge >= 0.3 is 0 Å². The topological polar surface area (TPSA) is 104 Å². The van der Waals surface area contributed by atoms with Gasteiger partial charge in [-0.05, 0) is 105 Å². The van der Waals surface area contributed by atoms with E-state index in [1.54, 1.807) is 0 Å². The lowest BCUT2D eigenvalue weighted by Crippen LogP contribution is -2.43. The second kappa shape index (κ2) is 17.2. The first-order valence-corrected chi connectivity index (χ1v) is 22.3. The van der Waals surface area contributed by atoms with E-state index >= 15 is 0 Å². The van der Waals surface area contributed by atoms with E-state index in [0.29, 0.717) is 0 Å². The normalized spacial score (nSPS) is 18.6. The number of imidazole rings is 2. The molecule has 2 aromatic heterocycles. The number of aromatic nitrogens is 4. The number of amides is 2. The van der Waals surface area contributed by atoms with Crippen LogP contribution in [0.1, 0.15) is 112 Å². The third-order valence-electron chi connectivity index (χ3n) is 13.4. The molecule has 9 rings (SSSR count). The zero-order valence-electron chi connectivity index (χ0n) is 35.5. The molecule has 4 aromatic carbocycles. The second-order valence-corrected chi connectivity index (χ2v) is 16.6. The van der Waals surface area contributed by atoms with Crippen molar-refractivity contribution in [1.82, 2.24) is 39.5 Å². The predicted molar refractivity (Wildman–Crippen MR) is 238 cm³/mol. The third-order valence-corrected chi connectivity index (χ3v) is 13.4. The first-order valence-electron chi connectivity index (χ1n) is 22.3. The summed E-state index contributed by atoms with van der Waals surface area (Å²) < 4.78 is 0. The van der Waals surface area contributed by atoms with Crippen LogP contribution >= 0.6 is 0 Å². The molecule has 2 N–H and O–H groups in total. The second-order valence-electron chi connectivity index (χ2n) is 16.6. The molecular weight excluding hydrogens is 745 g/mol. The van der Waals surface area contributed by atoms with Gasteiger partial charge in [-0.15, -0.1) is 0 Å². The monoisotopic (exact) mass is 802 g/mol. The van der Waals surface area contributed by atoms with Gasteiger partial charge in [-0.25, -0.2) is 9.97 Å². The van der Waals surface area contributed by atoms with Gasteiger partial charge in [0.05, 0.1) is 28.8 Å². The Labute approximate surface area is 354 Å². The third kappa shape index (κ3) is 7.34. The molecular formula is C50H58N8O2. The molecule has 2 aliphatic heterocycles. The van der Waals surface area contributed by atoms with Crippen molar-refractivity contribution in [2.45, 2.75) is 90.4 Å². The largest absolute Gasteiger partial charge is 0.344 e. The summed E-state index contributed by atoms with van der Waals surface area (Å²) in [6, 6.07) is 32.8. The molecule has 0 unspecified atom stereocenters. The van der Waals surface area contributed by atoms with Gasteiger partial charge in [0.25, 0.3) is 0 Å². The SMILES string of the molecule is CCN(CC)[C@@H](C(=O)N1CCC[C@H]1c1nc2c([nH]1)CCc1cc(-c3ccc4nc([C@@H]5CCCN5C(=O)[C@@H](c5ccccc5)N(CC)CC)[nH]c4c3)ccc1-2)c1ccccc1. The Morgan fingerprint density at radius 1 is 0.650 bits per heavy atom. The molecule has 10 nitrogen and oxygen atoms in total. The van der Waals surface area contributed by atoms with Crippen molar-refractivity contribution in [2.24, 2.45) is 0 Å². The Balaban J connectivity index is 0.949. The number of H-pyrrole nitrogens is 2. The molecule has 1 aliphatic carbocycles. The molecule has 0 spiro atoms. The van der Waals surface area contributed by atoms with Gasteiger partial charge in [-0.1, -0.05) is 113 Å². The first-order chi connectivity index (χ1) is 29.4. The van der Waals surface area contributed by atoms with E-state index in [1.807, 2.05) is 36.4 Å². The van der Waals surface area contributed by atoms with Crippen molar-refractivity contribution in [2.75, 3.05) is 39.3 Å². The van der Waals surface area contributed by atoms with Crippen LogP contribution in [0, 0.1) is 0 Å². The fraction of sp³-hybridized carbons (Fsp3) is 0.400. The molecule has 4 atom stereocenters. The van der Waals surface area contributed by atoms with Crippen LogP contribution in [0.2, 0.25) is 0 Å². The number of carbonyl (C=O) groups is 2. The van der Waals surface area contributed by atoms with Crippen LogP contribution in [0.15, 0.2) is 97.1 Å². The number of benzene rings is 4. The highest BCUT2D eigenvalue weighted by atomic mass is 16.2. The fourth-order valence-electron chi connectivity index (χ4n) is 10.2. The summed E-state index contributed by atoms with van der Waals surface area (Å²) in [6.45, 7) is 13.2. The molecule has 10 heteroatoms. The van der Waals surface area contributed by atoms with Gasteiger partial charge in [-0.2, -0.15) is 0 Å². The van der Waals surface area contributed by atoms with E-state index in [4.69, 9.17) is 9.97 Å². The van der Waals surface area contributed by atoms with Gasteiger partial charge in [0, 0.05) is 24.3 Å². The van der Waals surface area contributed by atoms with E-state index in [0.717, 1.165) is 140 Å². The zero-order chi connectivity index (χ0) is 41.3. The van der Waals surface area contributed by atoms with E-state index in [1.165, 1.54) is 5.56 Å². The van der Waals surface area contributed by atoms with Gasteiger partial charge in [0.15, 0.2) is 0 Å². The molecule has 0 radical (unpaired) electrons. The Bertz CT molecular complexity index is 2450. The number of rotatable bonds is 13. The van der Waals surface area contributed by atoms with Crippen molar-refractivity contribution in [3.05, 3.63) is 131 Å². The number of nitrogens with one attached hydrogen (secondary N) is 2. The molecule has 3 aliphatic rings. The maximum absolute atomic E-state index is 14.4. The summed E-state index contributed by atoms with van der Waals surface area (Å²) in [5.74, 6) is 2.07. The minimum absolute atomic E-state index is 0.0688.